The van der Waals surface area contributed by atoms with Gasteiger partial charge in [0, 0.05) is 31.5 Å². The summed E-state index contributed by atoms with van der Waals surface area (Å²) in [5, 5.41) is 14.1. The van der Waals surface area contributed by atoms with Gasteiger partial charge in [0.05, 0.1) is 6.61 Å². The van der Waals surface area contributed by atoms with E-state index in [1.165, 1.54) is 0 Å². The summed E-state index contributed by atoms with van der Waals surface area (Å²) in [4.78, 5) is 30.5. The van der Waals surface area contributed by atoms with E-state index in [-0.39, 0.29) is 25.0 Å². The van der Waals surface area contributed by atoms with Crippen molar-refractivity contribution < 1.29 is 24.2 Å². The molecule has 2 amide bonds. The van der Waals surface area contributed by atoms with Gasteiger partial charge in [-0.25, -0.2) is 9.78 Å². The first-order chi connectivity index (χ1) is 14.6. The topological polar surface area (TPSA) is 126 Å². The van der Waals surface area contributed by atoms with Crippen LogP contribution in [0, 0.1) is 0 Å². The van der Waals surface area contributed by atoms with Crippen LogP contribution in [0.3, 0.4) is 0 Å². The third-order valence-electron chi connectivity index (χ3n) is 4.27. The second-order valence-electron chi connectivity index (χ2n) is 6.76. The summed E-state index contributed by atoms with van der Waals surface area (Å²) >= 11 is 0. The lowest BCUT2D eigenvalue weighted by atomic mass is 10.0. The minimum Gasteiger partial charge on any atom is -0.450 e. The lowest BCUT2D eigenvalue weighted by Gasteiger charge is -2.18. The molecule has 1 fully saturated rings. The number of ether oxygens (including phenoxy) is 2. The minimum atomic E-state index is -0.528. The molecule has 2 heterocycles. The lowest BCUT2D eigenvalue weighted by molar-refractivity contribution is -0.123. The van der Waals surface area contributed by atoms with E-state index in [0.717, 1.165) is 31.4 Å². The Morgan fingerprint density at radius 2 is 2.13 bits per heavy atom. The van der Waals surface area contributed by atoms with Gasteiger partial charge in [-0.3, -0.25) is 10.1 Å². The molecule has 0 spiro atoms. The number of alkyl carbamates (subject to hydrolysis) is 1. The molecule has 0 aliphatic carbocycles. The molecule has 1 aliphatic rings. The van der Waals surface area contributed by atoms with E-state index < -0.39 is 12.4 Å². The molecule has 0 saturated carbocycles. The molecule has 0 radical (unpaired) electrons. The van der Waals surface area contributed by atoms with Crippen LogP contribution >= 0.6 is 0 Å². The van der Waals surface area contributed by atoms with Crippen LogP contribution in [0.25, 0.3) is 0 Å². The van der Waals surface area contributed by atoms with Gasteiger partial charge < -0.3 is 24.9 Å². The molecule has 2 atom stereocenters. The summed E-state index contributed by atoms with van der Waals surface area (Å²) in [6.07, 6.45) is 5.87. The fourth-order valence-electron chi connectivity index (χ4n) is 2.88. The third kappa shape index (κ3) is 9.53. The van der Waals surface area contributed by atoms with Gasteiger partial charge in [-0.1, -0.05) is 30.3 Å². The summed E-state index contributed by atoms with van der Waals surface area (Å²) in [5.41, 5.74) is 1.03. The predicted molar refractivity (Wildman–Crippen MR) is 112 cm³/mol. The Labute approximate surface area is 176 Å². The number of benzene rings is 1. The Balaban J connectivity index is 0.000000386. The minimum absolute atomic E-state index is 0.119. The van der Waals surface area contributed by atoms with Crippen molar-refractivity contribution in [2.75, 3.05) is 18.5 Å². The van der Waals surface area contributed by atoms with Crippen molar-refractivity contribution in [1.82, 2.24) is 15.3 Å². The molecule has 1 unspecified atom stereocenters. The monoisotopic (exact) mass is 418 g/mol. The van der Waals surface area contributed by atoms with E-state index in [9.17, 15) is 9.59 Å². The number of nitrogens with one attached hydrogen (secondary N) is 3. The average Bonchev–Trinajstić information content (AvgIpc) is 3.23. The number of nitrogens with zero attached hydrogens (tertiary/aromatic N) is 1. The van der Waals surface area contributed by atoms with Gasteiger partial charge in [-0.2, -0.15) is 0 Å². The largest absolute Gasteiger partial charge is 0.450 e. The zero-order valence-corrected chi connectivity index (χ0v) is 17.2. The van der Waals surface area contributed by atoms with Crippen LogP contribution in [0.5, 0.6) is 0 Å². The second-order valence-corrected chi connectivity index (χ2v) is 6.76. The number of aliphatic hydroxyl groups is 1. The summed E-state index contributed by atoms with van der Waals surface area (Å²) in [5.74, 6) is 0.141. The third-order valence-corrected chi connectivity index (χ3v) is 4.27. The Morgan fingerprint density at radius 3 is 2.70 bits per heavy atom. The summed E-state index contributed by atoms with van der Waals surface area (Å²) in [6, 6.07) is 9.28. The van der Waals surface area contributed by atoms with Crippen LogP contribution in [0.1, 0.15) is 38.2 Å². The van der Waals surface area contributed by atoms with Crippen molar-refractivity contribution >= 4 is 17.9 Å². The molecule has 9 heteroatoms. The molecule has 1 aliphatic heterocycles. The highest BCUT2D eigenvalue weighted by atomic mass is 16.6. The number of rotatable bonds is 7. The fourth-order valence-corrected chi connectivity index (χ4v) is 2.88. The number of carbonyl (C=O) groups is 2. The number of aliphatic hydroxyl groups excluding tert-OH is 1. The molecule has 1 aromatic heterocycles. The van der Waals surface area contributed by atoms with Gasteiger partial charge >= 0.3 is 6.09 Å². The lowest BCUT2D eigenvalue weighted by Crippen LogP contribution is -2.39. The molecule has 1 aromatic carbocycles. The van der Waals surface area contributed by atoms with Crippen molar-refractivity contribution in [3.63, 3.8) is 0 Å². The number of hydrogen-bond acceptors (Lipinski definition) is 6. The van der Waals surface area contributed by atoms with Crippen LogP contribution in [0.4, 0.5) is 10.7 Å². The van der Waals surface area contributed by atoms with Gasteiger partial charge in [0.15, 0.2) is 6.29 Å². The second kappa shape index (κ2) is 13.3. The average molecular weight is 418 g/mol. The van der Waals surface area contributed by atoms with Crippen molar-refractivity contribution in [1.29, 1.82) is 0 Å². The molecule has 3 rings (SSSR count). The molecule has 30 heavy (non-hydrogen) atoms. The molecule has 4 N–H and O–H groups in total. The smallest absolute Gasteiger partial charge is 0.407 e. The van der Waals surface area contributed by atoms with Crippen molar-refractivity contribution in [2.24, 2.45) is 0 Å². The Kier molecular flexibility index (Phi) is 10.4. The molecule has 1 saturated heterocycles. The number of imidazole rings is 1. The van der Waals surface area contributed by atoms with Crippen LogP contribution in [-0.2, 0) is 20.7 Å². The van der Waals surface area contributed by atoms with Gasteiger partial charge in [0.1, 0.15) is 0 Å². The van der Waals surface area contributed by atoms with Crippen LogP contribution < -0.4 is 10.6 Å². The van der Waals surface area contributed by atoms with Gasteiger partial charge in [0.25, 0.3) is 0 Å². The van der Waals surface area contributed by atoms with Crippen LogP contribution in [0.2, 0.25) is 0 Å². The van der Waals surface area contributed by atoms with Crippen LogP contribution in [0.15, 0.2) is 42.7 Å². The fraction of sp³-hybridized carbons (Fsp3) is 0.476. The zero-order valence-electron chi connectivity index (χ0n) is 17.2. The SMILES string of the molecule is CCOC(=O)N[C@H](CC(=O)Nc1ncc[nH]1)Cc1ccccc1.OC1CCCCO1. The van der Waals surface area contributed by atoms with E-state index in [1.54, 1.807) is 19.3 Å². The van der Waals surface area contributed by atoms with Gasteiger partial charge in [-0.15, -0.1) is 0 Å². The van der Waals surface area contributed by atoms with Crippen molar-refractivity contribution in [2.45, 2.75) is 51.4 Å². The Hall–Kier alpha value is -2.91. The van der Waals surface area contributed by atoms with E-state index in [4.69, 9.17) is 14.6 Å². The van der Waals surface area contributed by atoms with Gasteiger partial charge in [0.2, 0.25) is 11.9 Å². The summed E-state index contributed by atoms with van der Waals surface area (Å²) in [7, 11) is 0. The number of amides is 2. The highest BCUT2D eigenvalue weighted by Crippen LogP contribution is 2.09. The first-order valence-electron chi connectivity index (χ1n) is 10.1. The van der Waals surface area contributed by atoms with Crippen molar-refractivity contribution in [3.8, 4) is 0 Å². The maximum atomic E-state index is 12.1. The molecular weight excluding hydrogens is 388 g/mol. The van der Waals surface area contributed by atoms with Gasteiger partial charge in [-0.05, 0) is 38.2 Å². The number of hydrogen-bond donors (Lipinski definition) is 4. The van der Waals surface area contributed by atoms with E-state index >= 15 is 0 Å². The quantitative estimate of drug-likeness (QED) is 0.548. The zero-order chi connectivity index (χ0) is 21.6. The predicted octanol–water partition coefficient (Wildman–Crippen LogP) is 2.60. The summed E-state index contributed by atoms with van der Waals surface area (Å²) in [6.45, 7) is 2.75. The molecule has 164 valence electrons. The Bertz CT molecular complexity index is 733. The van der Waals surface area contributed by atoms with E-state index in [1.807, 2.05) is 30.3 Å². The summed E-state index contributed by atoms with van der Waals surface area (Å²) < 4.78 is 9.73. The maximum absolute atomic E-state index is 12.1. The van der Waals surface area contributed by atoms with Crippen LogP contribution in [-0.4, -0.2) is 52.6 Å². The number of aromatic amines is 1. The first kappa shape index (κ1) is 23.4. The number of H-pyrrole nitrogens is 1. The molecule has 9 nitrogen and oxygen atoms in total. The van der Waals surface area contributed by atoms with Crippen molar-refractivity contribution in [3.05, 3.63) is 48.3 Å². The number of anilines is 1. The highest BCUT2D eigenvalue weighted by molar-refractivity contribution is 5.89. The molecule has 2 aromatic rings. The normalized spacial score (nSPS) is 16.5. The highest BCUT2D eigenvalue weighted by Gasteiger charge is 2.18. The number of carbonyl (C=O) groups excluding carboxylic acids is 2. The molecular formula is C21H30N4O5. The van der Waals surface area contributed by atoms with E-state index in [2.05, 4.69) is 20.6 Å². The first-order valence-corrected chi connectivity index (χ1v) is 10.1. The molecule has 0 bridgehead atoms. The van der Waals surface area contributed by atoms with E-state index in [0.29, 0.717) is 12.4 Å². The standard InChI is InChI=1S/C16H20N4O3.C5H10O2/c1-2-23-16(22)19-13(10-12-6-4-3-5-7-12)11-14(21)20-15-17-8-9-18-15;6-5-3-1-2-4-7-5/h3-9,13H,2,10-11H2,1H3,(H,19,22)(H2,17,18,20,21);5-6H,1-4H2/t13-;/m0./s1. The maximum Gasteiger partial charge on any atom is 0.407 e. The Morgan fingerprint density at radius 1 is 1.33 bits per heavy atom. The number of aromatic nitrogens is 2.